The van der Waals surface area contributed by atoms with E-state index in [1.54, 1.807) is 7.11 Å². The summed E-state index contributed by atoms with van der Waals surface area (Å²) in [5, 5.41) is 3.04. The number of rotatable bonds is 7. The van der Waals surface area contributed by atoms with Crippen molar-refractivity contribution in [3.63, 3.8) is 0 Å². The number of amides is 2. The van der Waals surface area contributed by atoms with Crippen molar-refractivity contribution >= 4 is 11.8 Å². The highest BCUT2D eigenvalue weighted by molar-refractivity contribution is 5.92. The molecule has 2 bridgehead atoms. The van der Waals surface area contributed by atoms with Gasteiger partial charge in [0.1, 0.15) is 5.75 Å². The minimum Gasteiger partial charge on any atom is -0.497 e. The Balaban J connectivity index is 1.25. The first-order valence-electron chi connectivity index (χ1n) is 11.0. The van der Waals surface area contributed by atoms with Crippen molar-refractivity contribution in [1.82, 2.24) is 10.2 Å². The highest BCUT2D eigenvalue weighted by atomic mass is 16.5. The van der Waals surface area contributed by atoms with Crippen molar-refractivity contribution in [3.8, 4) is 5.75 Å². The van der Waals surface area contributed by atoms with E-state index >= 15 is 0 Å². The third kappa shape index (κ3) is 3.59. The molecule has 3 aliphatic rings. The second-order valence-electron chi connectivity index (χ2n) is 8.82. The van der Waals surface area contributed by atoms with Crippen LogP contribution in [0, 0.1) is 11.8 Å². The van der Waals surface area contributed by atoms with E-state index < -0.39 is 11.5 Å². The van der Waals surface area contributed by atoms with Gasteiger partial charge in [-0.25, -0.2) is 0 Å². The van der Waals surface area contributed by atoms with E-state index in [9.17, 15) is 9.59 Å². The number of hydrogen-bond acceptors (Lipinski definition) is 4. The zero-order chi connectivity index (χ0) is 21.4. The third-order valence-corrected chi connectivity index (χ3v) is 7.04. The van der Waals surface area contributed by atoms with Crippen LogP contribution in [0.4, 0.5) is 0 Å². The van der Waals surface area contributed by atoms with Crippen LogP contribution in [-0.4, -0.2) is 48.6 Å². The first-order chi connectivity index (χ1) is 15.1. The number of benzene rings is 2. The van der Waals surface area contributed by atoms with Gasteiger partial charge in [0.2, 0.25) is 11.8 Å². The maximum atomic E-state index is 13.3. The molecule has 0 aliphatic carbocycles. The summed E-state index contributed by atoms with van der Waals surface area (Å²) in [4.78, 5) is 28.3. The number of likely N-dealkylation sites (tertiary alicyclic amines) is 1. The van der Waals surface area contributed by atoms with Crippen LogP contribution in [0.1, 0.15) is 24.0 Å². The summed E-state index contributed by atoms with van der Waals surface area (Å²) in [5.74, 6) is 0.0122. The highest BCUT2D eigenvalue weighted by Gasteiger charge is 2.68. The molecule has 4 unspecified atom stereocenters. The number of carbonyl (C=O) groups is 2. The summed E-state index contributed by atoms with van der Waals surface area (Å²) < 4.78 is 11.5. The zero-order valence-electron chi connectivity index (χ0n) is 17.8. The molecule has 1 spiro atoms. The normalized spacial score (nSPS) is 28.6. The number of ether oxygens (including phenoxy) is 2. The van der Waals surface area contributed by atoms with Gasteiger partial charge in [0.15, 0.2) is 0 Å². The molecule has 0 aromatic heterocycles. The van der Waals surface area contributed by atoms with Crippen LogP contribution in [0.25, 0.3) is 0 Å². The number of nitrogens with one attached hydrogen (secondary N) is 1. The fourth-order valence-corrected chi connectivity index (χ4v) is 5.49. The molecule has 6 nitrogen and oxygen atoms in total. The van der Waals surface area contributed by atoms with Crippen molar-refractivity contribution < 1.29 is 19.1 Å². The molecule has 31 heavy (non-hydrogen) atoms. The highest BCUT2D eigenvalue weighted by Crippen LogP contribution is 2.55. The molecule has 3 aliphatic heterocycles. The van der Waals surface area contributed by atoms with Gasteiger partial charge in [0.25, 0.3) is 0 Å². The predicted octanol–water partition coefficient (Wildman–Crippen LogP) is 2.56. The van der Waals surface area contributed by atoms with Crippen LogP contribution < -0.4 is 10.1 Å². The number of carbonyl (C=O) groups excluding carboxylic acids is 2. The standard InChI is InChI=1S/C25H28N2O4/c1-30-19-9-7-18(8-10-19)15-26-23(28)21-20-11-13-25(31-20)16-27(24(29)22(21)25)14-12-17-5-3-2-4-6-17/h2-10,20-22H,11-16H2,1H3,(H,26,28). The van der Waals surface area contributed by atoms with Crippen LogP contribution in [0.2, 0.25) is 0 Å². The molecular formula is C25H28N2O4. The Morgan fingerprint density at radius 1 is 1.16 bits per heavy atom. The van der Waals surface area contributed by atoms with Gasteiger partial charge in [0, 0.05) is 13.1 Å². The lowest BCUT2D eigenvalue weighted by Crippen LogP contribution is -2.45. The summed E-state index contributed by atoms with van der Waals surface area (Å²) in [6, 6.07) is 17.8. The third-order valence-electron chi connectivity index (χ3n) is 7.04. The minimum atomic E-state index is -0.486. The van der Waals surface area contributed by atoms with Gasteiger partial charge in [-0.1, -0.05) is 42.5 Å². The van der Waals surface area contributed by atoms with E-state index in [1.807, 2.05) is 47.4 Å². The Kier molecular flexibility index (Phi) is 5.18. The topological polar surface area (TPSA) is 67.9 Å². The van der Waals surface area contributed by atoms with Gasteiger partial charge in [-0.05, 0) is 42.5 Å². The lowest BCUT2D eigenvalue weighted by Gasteiger charge is -2.27. The average molecular weight is 421 g/mol. The summed E-state index contributed by atoms with van der Waals surface area (Å²) >= 11 is 0. The Hall–Kier alpha value is -2.86. The second-order valence-corrected chi connectivity index (χ2v) is 8.82. The molecule has 162 valence electrons. The quantitative estimate of drug-likeness (QED) is 0.748. The summed E-state index contributed by atoms with van der Waals surface area (Å²) in [6.07, 6.45) is 2.36. The van der Waals surface area contributed by atoms with E-state index in [0.29, 0.717) is 19.6 Å². The molecule has 2 aromatic rings. The summed E-state index contributed by atoms with van der Waals surface area (Å²) in [7, 11) is 1.63. The molecule has 6 heteroatoms. The van der Waals surface area contributed by atoms with Gasteiger partial charge >= 0.3 is 0 Å². The molecule has 4 atom stereocenters. The molecule has 2 aromatic carbocycles. The monoisotopic (exact) mass is 420 g/mol. The number of fused-ring (bicyclic) bond motifs is 1. The zero-order valence-corrected chi connectivity index (χ0v) is 17.8. The lowest BCUT2D eigenvalue weighted by molar-refractivity contribution is -0.138. The van der Waals surface area contributed by atoms with Crippen LogP contribution in [0.3, 0.4) is 0 Å². The molecule has 1 N–H and O–H groups in total. The number of nitrogens with zero attached hydrogens (tertiary/aromatic N) is 1. The second kappa shape index (κ2) is 8.00. The van der Waals surface area contributed by atoms with Crippen molar-refractivity contribution in [1.29, 1.82) is 0 Å². The van der Waals surface area contributed by atoms with Crippen molar-refractivity contribution in [2.75, 3.05) is 20.2 Å². The van der Waals surface area contributed by atoms with Crippen LogP contribution in [0.5, 0.6) is 5.75 Å². The largest absolute Gasteiger partial charge is 0.497 e. The average Bonchev–Trinajstić information content (AvgIpc) is 3.45. The fraction of sp³-hybridized carbons (Fsp3) is 0.440. The molecule has 0 radical (unpaired) electrons. The van der Waals surface area contributed by atoms with E-state index in [0.717, 1.165) is 30.6 Å². The smallest absolute Gasteiger partial charge is 0.229 e. The van der Waals surface area contributed by atoms with Gasteiger partial charge in [-0.3, -0.25) is 9.59 Å². The molecule has 0 saturated carbocycles. The fourth-order valence-electron chi connectivity index (χ4n) is 5.49. The van der Waals surface area contributed by atoms with Crippen molar-refractivity contribution in [2.45, 2.75) is 37.5 Å². The Morgan fingerprint density at radius 2 is 1.94 bits per heavy atom. The van der Waals surface area contributed by atoms with Crippen molar-refractivity contribution in [3.05, 3.63) is 65.7 Å². The van der Waals surface area contributed by atoms with Gasteiger partial charge in [-0.2, -0.15) is 0 Å². The van der Waals surface area contributed by atoms with Crippen molar-refractivity contribution in [2.24, 2.45) is 11.8 Å². The van der Waals surface area contributed by atoms with Crippen LogP contribution in [-0.2, 0) is 27.3 Å². The molecule has 3 saturated heterocycles. The minimum absolute atomic E-state index is 0.0720. The van der Waals surface area contributed by atoms with E-state index in [-0.39, 0.29) is 23.8 Å². The molecule has 3 fully saturated rings. The predicted molar refractivity (Wildman–Crippen MR) is 115 cm³/mol. The van der Waals surface area contributed by atoms with Gasteiger partial charge in [-0.15, -0.1) is 0 Å². The maximum absolute atomic E-state index is 13.3. The molecule has 2 amide bonds. The van der Waals surface area contributed by atoms with E-state index in [2.05, 4.69) is 17.4 Å². The first kappa shape index (κ1) is 20.1. The number of methoxy groups -OCH3 is 1. The molecule has 5 rings (SSSR count). The summed E-state index contributed by atoms with van der Waals surface area (Å²) in [5.41, 5.74) is 1.72. The SMILES string of the molecule is COc1ccc(CNC(=O)C2C3CCC4(CN(CCc5ccccc5)C(=O)C24)O3)cc1. The lowest BCUT2D eigenvalue weighted by atomic mass is 9.73. The Bertz CT molecular complexity index is 961. The Morgan fingerprint density at radius 3 is 2.68 bits per heavy atom. The van der Waals surface area contributed by atoms with E-state index in [1.165, 1.54) is 5.56 Å². The van der Waals surface area contributed by atoms with E-state index in [4.69, 9.17) is 9.47 Å². The first-order valence-corrected chi connectivity index (χ1v) is 11.0. The van der Waals surface area contributed by atoms with Gasteiger partial charge < -0.3 is 19.7 Å². The Labute approximate surface area is 182 Å². The van der Waals surface area contributed by atoms with Gasteiger partial charge in [0.05, 0.1) is 37.2 Å². The molecular weight excluding hydrogens is 392 g/mol. The number of hydrogen-bond donors (Lipinski definition) is 1. The van der Waals surface area contributed by atoms with Crippen LogP contribution in [0.15, 0.2) is 54.6 Å². The maximum Gasteiger partial charge on any atom is 0.229 e. The van der Waals surface area contributed by atoms with Crippen LogP contribution >= 0.6 is 0 Å². The summed E-state index contributed by atoms with van der Waals surface area (Å²) in [6.45, 7) is 1.69. The molecule has 3 heterocycles.